The second-order valence-corrected chi connectivity index (χ2v) is 3.50. The molecule has 13 heavy (non-hydrogen) atoms. The molecule has 1 rings (SSSR count). The molecule has 0 saturated carbocycles. The van der Waals surface area contributed by atoms with Gasteiger partial charge in [0.25, 0.3) is 0 Å². The molecule has 0 amide bonds. The average Bonchev–Trinajstić information content (AvgIpc) is 2.17. The second kappa shape index (κ2) is 6.27. The first-order valence-corrected chi connectivity index (χ1v) is 5.10. The van der Waals surface area contributed by atoms with Gasteiger partial charge in [0.2, 0.25) is 0 Å². The van der Waals surface area contributed by atoms with Crippen LogP contribution in [0.2, 0.25) is 0 Å². The molecule has 0 unspecified atom stereocenters. The van der Waals surface area contributed by atoms with Crippen molar-refractivity contribution in [3.05, 3.63) is 29.8 Å². The van der Waals surface area contributed by atoms with Crippen LogP contribution in [0.15, 0.2) is 29.2 Å². The van der Waals surface area contributed by atoms with Gasteiger partial charge in [0.1, 0.15) is 0 Å². The summed E-state index contributed by atoms with van der Waals surface area (Å²) in [6.07, 6.45) is 2.05. The third kappa shape index (κ3) is 3.56. The molecule has 0 radical (unpaired) electrons. The van der Waals surface area contributed by atoms with Gasteiger partial charge >= 0.3 is 0 Å². The van der Waals surface area contributed by atoms with Crippen LogP contribution >= 0.6 is 24.2 Å². The third-order valence-electron chi connectivity index (χ3n) is 1.80. The molecule has 74 valence electrons. The summed E-state index contributed by atoms with van der Waals surface area (Å²) in [6.45, 7) is 0.499. The van der Waals surface area contributed by atoms with E-state index in [4.69, 9.17) is 11.5 Å². The van der Waals surface area contributed by atoms with E-state index in [0.717, 1.165) is 5.56 Å². The molecule has 1 aromatic rings. The summed E-state index contributed by atoms with van der Waals surface area (Å²) in [7, 11) is 0. The summed E-state index contributed by atoms with van der Waals surface area (Å²) in [6, 6.07) is 8.17. The van der Waals surface area contributed by atoms with Gasteiger partial charge in [0.05, 0.1) is 0 Å². The summed E-state index contributed by atoms with van der Waals surface area (Å²) in [4.78, 5) is 1.25. The highest BCUT2D eigenvalue weighted by Gasteiger charge is 2.01. The number of benzene rings is 1. The van der Waals surface area contributed by atoms with E-state index >= 15 is 0 Å². The maximum absolute atomic E-state index is 5.75. The van der Waals surface area contributed by atoms with Gasteiger partial charge in [-0.3, -0.25) is 0 Å². The minimum absolute atomic E-state index is 0. The highest BCUT2D eigenvalue weighted by atomic mass is 35.5. The largest absolute Gasteiger partial charge is 0.329 e. The van der Waals surface area contributed by atoms with Crippen LogP contribution in [0.3, 0.4) is 0 Å². The molecule has 1 atom stereocenters. The van der Waals surface area contributed by atoms with E-state index in [9.17, 15) is 0 Å². The van der Waals surface area contributed by atoms with E-state index in [1.165, 1.54) is 4.90 Å². The normalized spacial score (nSPS) is 11.9. The molecule has 0 aliphatic carbocycles. The van der Waals surface area contributed by atoms with Crippen molar-refractivity contribution in [1.82, 2.24) is 0 Å². The Hall–Kier alpha value is -0.220. The first kappa shape index (κ1) is 12.8. The van der Waals surface area contributed by atoms with E-state index < -0.39 is 0 Å². The molecule has 0 heterocycles. The van der Waals surface area contributed by atoms with Gasteiger partial charge in [0.15, 0.2) is 0 Å². The highest BCUT2D eigenvalue weighted by Crippen LogP contribution is 2.17. The number of hydrogen-bond acceptors (Lipinski definition) is 3. The zero-order chi connectivity index (χ0) is 8.97. The SMILES string of the molecule is CSc1ccc([C@H](N)CN)cc1.Cl. The fraction of sp³-hybridized carbons (Fsp3) is 0.333. The van der Waals surface area contributed by atoms with E-state index in [1.54, 1.807) is 11.8 Å². The lowest BCUT2D eigenvalue weighted by Crippen LogP contribution is -2.20. The number of rotatable bonds is 3. The van der Waals surface area contributed by atoms with E-state index in [-0.39, 0.29) is 18.4 Å². The van der Waals surface area contributed by atoms with Gasteiger partial charge in [-0.25, -0.2) is 0 Å². The lowest BCUT2D eigenvalue weighted by atomic mass is 10.1. The van der Waals surface area contributed by atoms with Crippen molar-refractivity contribution < 1.29 is 0 Å². The third-order valence-corrected chi connectivity index (χ3v) is 2.54. The summed E-state index contributed by atoms with van der Waals surface area (Å²) in [5.74, 6) is 0. The molecule has 1 aromatic carbocycles. The molecule has 0 aliphatic heterocycles. The minimum atomic E-state index is -0.0269. The number of nitrogens with two attached hydrogens (primary N) is 2. The van der Waals surface area contributed by atoms with Crippen LogP contribution in [0.5, 0.6) is 0 Å². The summed E-state index contributed by atoms with van der Waals surface area (Å²) < 4.78 is 0. The summed E-state index contributed by atoms with van der Waals surface area (Å²) in [5, 5.41) is 0. The van der Waals surface area contributed by atoms with Crippen molar-refractivity contribution in [2.45, 2.75) is 10.9 Å². The molecular formula is C9H15ClN2S. The van der Waals surface area contributed by atoms with Crippen molar-refractivity contribution in [1.29, 1.82) is 0 Å². The molecule has 0 saturated heterocycles. The zero-order valence-corrected chi connectivity index (χ0v) is 9.20. The van der Waals surface area contributed by atoms with Crippen molar-refractivity contribution in [2.75, 3.05) is 12.8 Å². The average molecular weight is 219 g/mol. The molecule has 0 bridgehead atoms. The van der Waals surface area contributed by atoms with Crippen LogP contribution in [0.4, 0.5) is 0 Å². The Morgan fingerprint density at radius 1 is 1.31 bits per heavy atom. The summed E-state index contributed by atoms with van der Waals surface area (Å²) >= 11 is 1.72. The Bertz CT molecular complexity index is 238. The number of hydrogen-bond donors (Lipinski definition) is 2. The van der Waals surface area contributed by atoms with Crippen LogP contribution in [0, 0.1) is 0 Å². The lowest BCUT2D eigenvalue weighted by Gasteiger charge is -2.08. The van der Waals surface area contributed by atoms with Crippen molar-refractivity contribution >= 4 is 24.2 Å². The fourth-order valence-electron chi connectivity index (χ4n) is 0.987. The predicted octanol–water partition coefficient (Wildman–Crippen LogP) is 1.79. The Balaban J connectivity index is 0.00000144. The zero-order valence-electron chi connectivity index (χ0n) is 7.57. The highest BCUT2D eigenvalue weighted by molar-refractivity contribution is 7.98. The molecule has 2 nitrogen and oxygen atoms in total. The minimum Gasteiger partial charge on any atom is -0.329 e. The summed E-state index contributed by atoms with van der Waals surface area (Å²) in [5.41, 5.74) is 12.3. The molecular weight excluding hydrogens is 204 g/mol. The molecule has 0 spiro atoms. The maximum Gasteiger partial charge on any atom is 0.0419 e. The number of halogens is 1. The van der Waals surface area contributed by atoms with Gasteiger partial charge in [-0.1, -0.05) is 12.1 Å². The fourth-order valence-corrected chi connectivity index (χ4v) is 1.40. The van der Waals surface area contributed by atoms with Crippen molar-refractivity contribution in [3.8, 4) is 0 Å². The first-order valence-electron chi connectivity index (χ1n) is 3.87. The van der Waals surface area contributed by atoms with E-state index in [2.05, 4.69) is 18.4 Å². The van der Waals surface area contributed by atoms with Gasteiger partial charge < -0.3 is 11.5 Å². The quantitative estimate of drug-likeness (QED) is 0.761. The predicted molar refractivity (Wildman–Crippen MR) is 61.5 cm³/mol. The van der Waals surface area contributed by atoms with E-state index in [1.807, 2.05) is 12.1 Å². The Kier molecular flexibility index (Phi) is 6.16. The molecule has 4 N–H and O–H groups in total. The topological polar surface area (TPSA) is 52.0 Å². The van der Waals surface area contributed by atoms with Crippen LogP contribution in [-0.2, 0) is 0 Å². The van der Waals surface area contributed by atoms with Crippen LogP contribution in [0.1, 0.15) is 11.6 Å². The monoisotopic (exact) mass is 218 g/mol. The Labute approximate surface area is 89.5 Å². The Morgan fingerprint density at radius 2 is 1.85 bits per heavy atom. The molecule has 4 heteroatoms. The number of thioether (sulfide) groups is 1. The van der Waals surface area contributed by atoms with Gasteiger partial charge in [-0.15, -0.1) is 24.2 Å². The van der Waals surface area contributed by atoms with Crippen molar-refractivity contribution in [2.24, 2.45) is 11.5 Å². The van der Waals surface area contributed by atoms with Crippen molar-refractivity contribution in [3.63, 3.8) is 0 Å². The standard InChI is InChI=1S/C9H14N2S.ClH/c1-12-8-4-2-7(3-5-8)9(11)6-10;/h2-5,9H,6,10-11H2,1H3;1H/t9-;/m1./s1. The molecule has 0 aromatic heterocycles. The van der Waals surface area contributed by atoms with Crippen LogP contribution in [-0.4, -0.2) is 12.8 Å². The smallest absolute Gasteiger partial charge is 0.0419 e. The van der Waals surface area contributed by atoms with Crippen LogP contribution in [0.25, 0.3) is 0 Å². The van der Waals surface area contributed by atoms with E-state index in [0.29, 0.717) is 6.54 Å². The van der Waals surface area contributed by atoms with Gasteiger partial charge in [0, 0.05) is 17.5 Å². The second-order valence-electron chi connectivity index (χ2n) is 2.62. The van der Waals surface area contributed by atoms with Gasteiger partial charge in [-0.2, -0.15) is 0 Å². The maximum atomic E-state index is 5.75. The first-order chi connectivity index (χ1) is 5.77. The molecule has 0 aliphatic rings. The van der Waals surface area contributed by atoms with Crippen LogP contribution < -0.4 is 11.5 Å². The molecule has 0 fully saturated rings. The lowest BCUT2D eigenvalue weighted by molar-refractivity contribution is 0.736. The van der Waals surface area contributed by atoms with Gasteiger partial charge in [-0.05, 0) is 24.0 Å². The Morgan fingerprint density at radius 3 is 2.23 bits per heavy atom.